The van der Waals surface area contributed by atoms with Crippen molar-refractivity contribution in [2.24, 2.45) is 5.16 Å². The second kappa shape index (κ2) is 8.42. The molecule has 3 aromatic carbocycles. The molecule has 2 heterocycles. The van der Waals surface area contributed by atoms with E-state index in [0.29, 0.717) is 47.2 Å². The Morgan fingerprint density at radius 1 is 0.872 bits per heavy atom. The molecule has 2 amide bonds. The number of hydrogen-bond donors (Lipinski definition) is 0. The summed E-state index contributed by atoms with van der Waals surface area (Å²) in [7, 11) is 0. The molecule has 0 saturated carbocycles. The van der Waals surface area contributed by atoms with Gasteiger partial charge >= 0.3 is 12.4 Å². The van der Waals surface area contributed by atoms with E-state index in [1.54, 1.807) is 36.4 Å². The van der Waals surface area contributed by atoms with E-state index in [9.17, 15) is 35.9 Å². The van der Waals surface area contributed by atoms with Gasteiger partial charge < -0.3 is 4.84 Å². The van der Waals surface area contributed by atoms with E-state index in [1.165, 1.54) is 11.0 Å². The molecule has 3 aromatic rings. The number of carbonyl (C=O) groups is 2. The monoisotopic (exact) mass is 544 g/mol. The van der Waals surface area contributed by atoms with Gasteiger partial charge in [-0.05, 0) is 59.9 Å². The Balaban J connectivity index is 1.30. The molecule has 2 unspecified atom stereocenters. The van der Waals surface area contributed by atoms with Crippen molar-refractivity contribution in [3.05, 3.63) is 106 Å². The largest absolute Gasteiger partial charge is 0.435 e. The minimum Gasteiger partial charge on any atom is -0.374 e. The zero-order valence-electron chi connectivity index (χ0n) is 19.9. The molecule has 39 heavy (non-hydrogen) atoms. The first-order valence-electron chi connectivity index (χ1n) is 12.0. The smallest absolute Gasteiger partial charge is 0.374 e. The van der Waals surface area contributed by atoms with E-state index in [2.05, 4.69) is 5.16 Å². The number of carbonyl (C=O) groups excluding carboxylic acids is 2. The fourth-order valence-electron chi connectivity index (χ4n) is 5.54. The summed E-state index contributed by atoms with van der Waals surface area (Å²) in [5.41, 5.74) is -2.68. The fourth-order valence-corrected chi connectivity index (χ4v) is 5.54. The first-order valence-corrected chi connectivity index (χ1v) is 12.0. The molecule has 0 spiro atoms. The van der Waals surface area contributed by atoms with Crippen molar-refractivity contribution in [2.75, 3.05) is 0 Å². The Kier molecular flexibility index (Phi) is 5.43. The van der Waals surface area contributed by atoms with Gasteiger partial charge in [-0.2, -0.15) is 26.3 Å². The van der Waals surface area contributed by atoms with Crippen molar-refractivity contribution in [3.8, 4) is 0 Å². The normalized spacial score (nSPS) is 22.6. The van der Waals surface area contributed by atoms with Crippen molar-refractivity contribution in [1.82, 2.24) is 4.90 Å². The van der Waals surface area contributed by atoms with E-state index >= 15 is 0 Å². The van der Waals surface area contributed by atoms with E-state index in [1.807, 2.05) is 0 Å². The van der Waals surface area contributed by atoms with Crippen LogP contribution in [0.5, 0.6) is 0 Å². The Morgan fingerprint density at radius 3 is 2.21 bits per heavy atom. The van der Waals surface area contributed by atoms with Gasteiger partial charge in [0.1, 0.15) is 0 Å². The highest BCUT2D eigenvalue weighted by atomic mass is 19.4. The summed E-state index contributed by atoms with van der Waals surface area (Å²) in [6.07, 6.45) is -9.80. The molecule has 6 rings (SSSR count). The van der Waals surface area contributed by atoms with Crippen LogP contribution >= 0.6 is 0 Å². The predicted octanol–water partition coefficient (Wildman–Crippen LogP) is 6.57. The minimum atomic E-state index is -5.06. The number of benzene rings is 3. The lowest BCUT2D eigenvalue weighted by atomic mass is 9.85. The second-order valence-electron chi connectivity index (χ2n) is 9.70. The minimum absolute atomic E-state index is 0.0725. The Labute approximate surface area is 217 Å². The predicted molar refractivity (Wildman–Crippen MR) is 126 cm³/mol. The van der Waals surface area contributed by atoms with Gasteiger partial charge in [0.2, 0.25) is 0 Å². The molecule has 2 aliphatic heterocycles. The first kappa shape index (κ1) is 25.1. The molecule has 5 nitrogen and oxygen atoms in total. The molecule has 1 aliphatic carbocycles. The number of nitrogens with zero attached hydrogens (tertiary/aromatic N) is 2. The van der Waals surface area contributed by atoms with Gasteiger partial charge in [-0.3, -0.25) is 14.5 Å². The fraction of sp³-hybridized carbons (Fsp3) is 0.250. The maximum atomic E-state index is 14.3. The van der Waals surface area contributed by atoms with Crippen LogP contribution in [0.3, 0.4) is 0 Å². The third-order valence-corrected chi connectivity index (χ3v) is 7.50. The van der Waals surface area contributed by atoms with Gasteiger partial charge in [0.15, 0.2) is 0 Å². The molecule has 2 atom stereocenters. The van der Waals surface area contributed by atoms with E-state index in [-0.39, 0.29) is 5.71 Å². The average Bonchev–Trinajstić information content (AvgIpc) is 3.59. The van der Waals surface area contributed by atoms with Gasteiger partial charge in [0.05, 0.1) is 28.4 Å². The summed E-state index contributed by atoms with van der Waals surface area (Å²) in [4.78, 5) is 32.0. The van der Waals surface area contributed by atoms with Gasteiger partial charge in [-0.25, -0.2) is 0 Å². The summed E-state index contributed by atoms with van der Waals surface area (Å²) < 4.78 is 82.6. The maximum absolute atomic E-state index is 14.3. The summed E-state index contributed by atoms with van der Waals surface area (Å²) in [6, 6.07) is 13.8. The Hall–Kier alpha value is -4.15. The maximum Gasteiger partial charge on any atom is 0.435 e. The summed E-state index contributed by atoms with van der Waals surface area (Å²) in [6.45, 7) is 0. The van der Waals surface area contributed by atoms with E-state index in [0.717, 1.165) is 17.7 Å². The molecule has 11 heteroatoms. The number of amides is 2. The number of alkyl halides is 6. The highest BCUT2D eigenvalue weighted by molar-refractivity contribution is 6.21. The molecule has 0 aromatic heterocycles. The lowest BCUT2D eigenvalue weighted by molar-refractivity contribution is -0.276. The highest BCUT2D eigenvalue weighted by Crippen LogP contribution is 2.50. The molecular formula is C28H18F6N2O3. The number of oxime groups is 1. The topological polar surface area (TPSA) is 59.0 Å². The number of halogens is 6. The van der Waals surface area contributed by atoms with E-state index < -0.39 is 53.4 Å². The number of fused-ring (bicyclic) bond motifs is 2. The number of rotatable bonds is 3. The highest BCUT2D eigenvalue weighted by Gasteiger charge is 2.62. The number of imide groups is 1. The van der Waals surface area contributed by atoms with Crippen LogP contribution in [0.4, 0.5) is 26.3 Å². The molecule has 0 bridgehead atoms. The standard InChI is InChI=1S/C28H18F6N2O3/c29-27(30,31)18-5-3-4-17(13-18)26(28(32,33)34)14-22(35-39-26)16-8-10-19-15(12-16)9-11-23(19)36-24(37)20-6-1-2-7-21(20)25(36)38/h1-8,10,12-13,23H,9,11,14H2. The van der Waals surface area contributed by atoms with Crippen molar-refractivity contribution >= 4 is 17.5 Å². The molecule has 0 fully saturated rings. The van der Waals surface area contributed by atoms with E-state index in [4.69, 9.17) is 4.84 Å². The van der Waals surface area contributed by atoms with Crippen molar-refractivity contribution < 1.29 is 40.8 Å². The Morgan fingerprint density at radius 2 is 1.56 bits per heavy atom. The van der Waals surface area contributed by atoms with Crippen LogP contribution in [0.2, 0.25) is 0 Å². The van der Waals surface area contributed by atoms with Crippen LogP contribution in [0, 0.1) is 0 Å². The molecule has 200 valence electrons. The third-order valence-electron chi connectivity index (χ3n) is 7.50. The van der Waals surface area contributed by atoms with Gasteiger partial charge in [0.25, 0.3) is 17.4 Å². The van der Waals surface area contributed by atoms with Gasteiger partial charge in [-0.1, -0.05) is 41.6 Å². The zero-order valence-corrected chi connectivity index (χ0v) is 19.9. The van der Waals surface area contributed by atoms with Crippen LogP contribution in [-0.2, 0) is 23.0 Å². The average molecular weight is 544 g/mol. The lowest BCUT2D eigenvalue weighted by Gasteiger charge is -2.30. The molecule has 0 saturated heterocycles. The molecule has 0 N–H and O–H groups in total. The zero-order chi connectivity index (χ0) is 27.7. The molecular weight excluding hydrogens is 526 g/mol. The summed E-state index contributed by atoms with van der Waals surface area (Å²) in [5, 5.41) is 3.66. The van der Waals surface area contributed by atoms with Crippen LogP contribution in [0.1, 0.15) is 67.4 Å². The Bertz CT molecular complexity index is 1530. The van der Waals surface area contributed by atoms with Gasteiger partial charge in [0, 0.05) is 12.0 Å². The van der Waals surface area contributed by atoms with Crippen molar-refractivity contribution in [2.45, 2.75) is 43.3 Å². The van der Waals surface area contributed by atoms with Crippen molar-refractivity contribution in [1.29, 1.82) is 0 Å². The summed E-state index contributed by atoms with van der Waals surface area (Å²) >= 11 is 0. The van der Waals surface area contributed by atoms with Crippen LogP contribution in [0.15, 0.2) is 71.9 Å². The SMILES string of the molecule is O=C1c2ccccc2C(=O)N1C1CCc2cc(C3=NOC(c4cccc(C(F)(F)F)c4)(C(F)(F)F)C3)ccc21. The molecule has 3 aliphatic rings. The quantitative estimate of drug-likeness (QED) is 0.277. The van der Waals surface area contributed by atoms with Gasteiger partial charge in [-0.15, -0.1) is 0 Å². The first-order chi connectivity index (χ1) is 18.4. The number of hydrogen-bond acceptors (Lipinski definition) is 4. The summed E-state index contributed by atoms with van der Waals surface area (Å²) in [5.74, 6) is -0.802. The number of aryl methyl sites for hydroxylation is 1. The van der Waals surface area contributed by atoms with Crippen LogP contribution < -0.4 is 0 Å². The second-order valence-corrected chi connectivity index (χ2v) is 9.70. The lowest BCUT2D eigenvalue weighted by Crippen LogP contribution is -2.42. The van der Waals surface area contributed by atoms with Crippen LogP contribution in [-0.4, -0.2) is 28.6 Å². The van der Waals surface area contributed by atoms with Crippen LogP contribution in [0.25, 0.3) is 0 Å². The van der Waals surface area contributed by atoms with Crippen molar-refractivity contribution in [3.63, 3.8) is 0 Å². The third kappa shape index (κ3) is 3.82. The molecule has 0 radical (unpaired) electrons.